The molecule has 0 aromatic heterocycles. The molecule has 0 bridgehead atoms. The zero-order valence-electron chi connectivity index (χ0n) is 27.0. The van der Waals surface area contributed by atoms with Crippen molar-refractivity contribution in [2.24, 2.45) is 17.8 Å². The highest BCUT2D eigenvalue weighted by atomic mass is 16.2. The number of fused-ring (bicyclic) bond motifs is 1. The molecule has 0 radical (unpaired) electrons. The van der Waals surface area contributed by atoms with Gasteiger partial charge in [0.15, 0.2) is 17.3 Å². The van der Waals surface area contributed by atoms with Gasteiger partial charge in [0.25, 0.3) is 0 Å². The molecule has 44 heavy (non-hydrogen) atoms. The van der Waals surface area contributed by atoms with Crippen LogP contribution in [0, 0.1) is 24.7 Å². The number of hydrogen-bond donors (Lipinski definition) is 0. The van der Waals surface area contributed by atoms with Gasteiger partial charge in [-0.2, -0.15) is 0 Å². The number of ketones is 5. The third kappa shape index (κ3) is 7.67. The van der Waals surface area contributed by atoms with Gasteiger partial charge in [0, 0.05) is 36.3 Å². The first-order valence-electron chi connectivity index (χ1n) is 16.3. The lowest BCUT2D eigenvalue weighted by atomic mass is 9.71. The standard InChI is InChI=1S/C39H46O5/c1-6-11-29(32(7-2)37(43)16-25(5)40)17-27-20-34-33(15-14-24(4)39(34)38(44)22-27)30-18-26(19-31(23-30)35(41)8-3)21-36(42)28-12-9-10-13-28/h9-10,12,14-15,18-19,23,27,29,32H,6-8,11,13,16-17,20-22H2,1-5H3. The minimum Gasteiger partial charge on any atom is -0.300 e. The maximum absolute atomic E-state index is 13.7. The Balaban J connectivity index is 1.71. The Bertz CT molecular complexity index is 1520. The SMILES string of the molecule is CCCC(CC1CC(=O)c2c(C)ccc(-c3cc(CC(=O)C4=CC=CC4)cc(C(=O)CC)c3)c2C1)C(CC)C(=O)CC(C)=O. The second-order valence-corrected chi connectivity index (χ2v) is 12.7. The number of carbonyl (C=O) groups is 5. The van der Waals surface area contributed by atoms with E-state index in [0.717, 1.165) is 58.2 Å². The minimum atomic E-state index is -0.186. The number of allylic oxidation sites excluding steroid dienone is 4. The molecule has 2 aliphatic carbocycles. The second kappa shape index (κ2) is 14.8. The molecule has 3 atom stereocenters. The highest BCUT2D eigenvalue weighted by Gasteiger charge is 2.34. The minimum absolute atomic E-state index is 0.0143. The Kier molecular flexibility index (Phi) is 11.2. The molecule has 0 fully saturated rings. The van der Waals surface area contributed by atoms with E-state index in [1.807, 2.05) is 69.3 Å². The Morgan fingerprint density at radius 1 is 0.977 bits per heavy atom. The Labute approximate surface area is 262 Å². The number of rotatable bonds is 15. The van der Waals surface area contributed by atoms with Crippen molar-refractivity contribution < 1.29 is 24.0 Å². The van der Waals surface area contributed by atoms with Crippen LogP contribution in [0.4, 0.5) is 0 Å². The summed E-state index contributed by atoms with van der Waals surface area (Å²) in [4.78, 5) is 64.5. The van der Waals surface area contributed by atoms with E-state index in [-0.39, 0.29) is 59.5 Å². The van der Waals surface area contributed by atoms with Crippen LogP contribution < -0.4 is 0 Å². The fraction of sp³-hybridized carbons (Fsp3) is 0.462. The molecule has 0 saturated carbocycles. The van der Waals surface area contributed by atoms with E-state index in [1.165, 1.54) is 6.92 Å². The van der Waals surface area contributed by atoms with Gasteiger partial charge in [-0.1, -0.05) is 70.0 Å². The summed E-state index contributed by atoms with van der Waals surface area (Å²) in [5, 5.41) is 0. The van der Waals surface area contributed by atoms with Crippen molar-refractivity contribution >= 4 is 28.9 Å². The first-order chi connectivity index (χ1) is 21.1. The third-order valence-electron chi connectivity index (χ3n) is 9.35. The predicted molar refractivity (Wildman–Crippen MR) is 175 cm³/mol. The summed E-state index contributed by atoms with van der Waals surface area (Å²) in [6.07, 6.45) is 11.3. The number of hydrogen-bond acceptors (Lipinski definition) is 5. The summed E-state index contributed by atoms with van der Waals surface area (Å²) in [7, 11) is 0. The van der Waals surface area contributed by atoms with Gasteiger partial charge in [0.1, 0.15) is 11.6 Å². The predicted octanol–water partition coefficient (Wildman–Crippen LogP) is 8.38. The van der Waals surface area contributed by atoms with E-state index in [0.29, 0.717) is 37.7 Å². The number of aryl methyl sites for hydroxylation is 1. The Hall–Kier alpha value is -3.73. The molecule has 232 valence electrons. The van der Waals surface area contributed by atoms with Crippen LogP contribution >= 0.6 is 0 Å². The largest absolute Gasteiger partial charge is 0.300 e. The normalized spacial score (nSPS) is 17.2. The van der Waals surface area contributed by atoms with Crippen LogP contribution in [0.2, 0.25) is 0 Å². The molecule has 2 aromatic rings. The molecule has 2 aromatic carbocycles. The fourth-order valence-corrected chi connectivity index (χ4v) is 7.28. The van der Waals surface area contributed by atoms with E-state index < -0.39 is 0 Å². The molecule has 5 nitrogen and oxygen atoms in total. The fourth-order valence-electron chi connectivity index (χ4n) is 7.28. The van der Waals surface area contributed by atoms with E-state index >= 15 is 0 Å². The quantitative estimate of drug-likeness (QED) is 0.153. The van der Waals surface area contributed by atoms with Crippen molar-refractivity contribution in [3.63, 3.8) is 0 Å². The summed E-state index contributed by atoms with van der Waals surface area (Å²) in [5.41, 5.74) is 6.62. The molecule has 3 unspecified atom stereocenters. The lowest BCUT2D eigenvalue weighted by Gasteiger charge is -2.32. The Morgan fingerprint density at radius 3 is 2.39 bits per heavy atom. The third-order valence-corrected chi connectivity index (χ3v) is 9.35. The molecule has 0 amide bonds. The average Bonchev–Trinajstić information content (AvgIpc) is 3.52. The van der Waals surface area contributed by atoms with E-state index in [9.17, 15) is 24.0 Å². The van der Waals surface area contributed by atoms with Gasteiger partial charge in [-0.05, 0) is 96.9 Å². The first-order valence-corrected chi connectivity index (χ1v) is 16.3. The topological polar surface area (TPSA) is 85.3 Å². The first kappa shape index (κ1) is 33.2. The van der Waals surface area contributed by atoms with Gasteiger partial charge in [0.05, 0.1) is 6.42 Å². The van der Waals surface area contributed by atoms with E-state index in [4.69, 9.17) is 0 Å². The van der Waals surface area contributed by atoms with Gasteiger partial charge < -0.3 is 0 Å². The maximum Gasteiger partial charge on any atom is 0.163 e. The van der Waals surface area contributed by atoms with Gasteiger partial charge in [-0.15, -0.1) is 0 Å². The average molecular weight is 595 g/mol. The highest BCUT2D eigenvalue weighted by molar-refractivity contribution is 6.03. The van der Waals surface area contributed by atoms with Crippen molar-refractivity contribution in [2.75, 3.05) is 0 Å². The van der Waals surface area contributed by atoms with Crippen LogP contribution in [0.25, 0.3) is 11.1 Å². The van der Waals surface area contributed by atoms with Crippen LogP contribution in [-0.4, -0.2) is 28.9 Å². The van der Waals surface area contributed by atoms with Gasteiger partial charge in [-0.25, -0.2) is 0 Å². The molecule has 5 heteroatoms. The van der Waals surface area contributed by atoms with Crippen LogP contribution in [0.3, 0.4) is 0 Å². The van der Waals surface area contributed by atoms with Crippen molar-refractivity contribution in [3.05, 3.63) is 82.0 Å². The van der Waals surface area contributed by atoms with Crippen molar-refractivity contribution in [1.29, 1.82) is 0 Å². The summed E-state index contributed by atoms with van der Waals surface area (Å²) < 4.78 is 0. The zero-order chi connectivity index (χ0) is 32.0. The molecule has 0 spiro atoms. The van der Waals surface area contributed by atoms with Crippen molar-refractivity contribution in [1.82, 2.24) is 0 Å². The van der Waals surface area contributed by atoms with Gasteiger partial charge in [-0.3, -0.25) is 24.0 Å². The molecule has 0 heterocycles. The summed E-state index contributed by atoms with van der Waals surface area (Å²) in [6.45, 7) is 9.40. The second-order valence-electron chi connectivity index (χ2n) is 12.7. The van der Waals surface area contributed by atoms with Crippen molar-refractivity contribution in [3.8, 4) is 11.1 Å². The molecule has 4 rings (SSSR count). The smallest absolute Gasteiger partial charge is 0.163 e. The molecular formula is C39H46O5. The molecule has 2 aliphatic rings. The van der Waals surface area contributed by atoms with Crippen LogP contribution in [0.5, 0.6) is 0 Å². The van der Waals surface area contributed by atoms with Gasteiger partial charge in [0.2, 0.25) is 0 Å². The zero-order valence-corrected chi connectivity index (χ0v) is 27.0. The lowest BCUT2D eigenvalue weighted by molar-refractivity contribution is -0.130. The Morgan fingerprint density at radius 2 is 1.75 bits per heavy atom. The van der Waals surface area contributed by atoms with E-state index in [2.05, 4.69) is 6.92 Å². The highest BCUT2D eigenvalue weighted by Crippen LogP contribution is 2.40. The summed E-state index contributed by atoms with van der Waals surface area (Å²) >= 11 is 0. The maximum atomic E-state index is 13.7. The number of benzene rings is 2. The molecule has 0 N–H and O–H groups in total. The molecule has 0 saturated heterocycles. The van der Waals surface area contributed by atoms with Crippen LogP contribution in [0.1, 0.15) is 116 Å². The monoisotopic (exact) mass is 594 g/mol. The van der Waals surface area contributed by atoms with Gasteiger partial charge >= 0.3 is 0 Å². The van der Waals surface area contributed by atoms with Crippen LogP contribution in [-0.2, 0) is 27.2 Å². The number of Topliss-reactive ketones (excluding diaryl/α,β-unsaturated/α-hetero) is 5. The molecular weight excluding hydrogens is 548 g/mol. The molecule has 0 aliphatic heterocycles. The van der Waals surface area contributed by atoms with Crippen molar-refractivity contribution in [2.45, 2.75) is 98.8 Å². The van der Waals surface area contributed by atoms with E-state index in [1.54, 1.807) is 0 Å². The number of carbonyl (C=O) groups excluding carboxylic acids is 5. The summed E-state index contributed by atoms with van der Waals surface area (Å²) in [5.74, 6) is 0.102. The van der Waals surface area contributed by atoms with Crippen LogP contribution in [0.15, 0.2) is 54.1 Å². The lowest BCUT2D eigenvalue weighted by Crippen LogP contribution is -2.30. The summed E-state index contributed by atoms with van der Waals surface area (Å²) in [6, 6.07) is 9.77.